The summed E-state index contributed by atoms with van der Waals surface area (Å²) in [4.78, 5) is 127. The van der Waals surface area contributed by atoms with Crippen LogP contribution < -0.4 is 47.9 Å². The molecule has 21 heteroatoms. The Labute approximate surface area is 493 Å². The molecule has 0 radical (unpaired) electrons. The molecule has 452 valence electrons. The van der Waals surface area contributed by atoms with Crippen molar-refractivity contribution in [3.8, 4) is 11.8 Å². The summed E-state index contributed by atoms with van der Waals surface area (Å²) < 4.78 is 0. The minimum atomic E-state index is -1.12. The SMILES string of the molecule is CC[C@H](NC)C(=O)N[C@@H]1C(=O)N2[C@@H](CC[C@@H]1CNC(=O)CCC#CCCC(=O)NCCNC(=O)[C@@H](NC(=O)[C@@H]1CC[C@@H]3CC[C@H](CO)[C@H](NC(=O)[C@H](CC)NC)C(=O)N31)c1ccccc1)CC[C@H]2C(=O)NC(c1ccccc1)c1ccccc1. The normalized spacial score (nSPS) is 23.0. The van der Waals surface area contributed by atoms with E-state index >= 15 is 0 Å². The Morgan fingerprint density at radius 3 is 1.44 bits per heavy atom. The molecule has 10 N–H and O–H groups in total. The zero-order valence-electron chi connectivity index (χ0n) is 48.8. The third kappa shape index (κ3) is 16.6. The van der Waals surface area contributed by atoms with E-state index in [4.69, 9.17) is 0 Å². The molecule has 0 spiro atoms. The van der Waals surface area contributed by atoms with Crippen molar-refractivity contribution in [2.24, 2.45) is 11.8 Å². The number of hydrogen-bond donors (Lipinski definition) is 10. The van der Waals surface area contributed by atoms with Gasteiger partial charge in [-0.3, -0.25) is 43.2 Å². The van der Waals surface area contributed by atoms with E-state index in [2.05, 4.69) is 59.7 Å². The maximum absolute atomic E-state index is 14.7. The van der Waals surface area contributed by atoms with Gasteiger partial charge in [-0.15, -0.1) is 11.8 Å². The fourth-order valence-corrected chi connectivity index (χ4v) is 12.2. The smallest absolute Gasteiger partial charge is 0.247 e. The van der Waals surface area contributed by atoms with Gasteiger partial charge in [-0.05, 0) is 95.0 Å². The fourth-order valence-electron chi connectivity index (χ4n) is 12.2. The summed E-state index contributed by atoms with van der Waals surface area (Å²) in [7, 11) is 3.34. The predicted octanol–water partition coefficient (Wildman–Crippen LogP) is 2.16. The molecule has 0 aromatic heterocycles. The van der Waals surface area contributed by atoms with Crippen molar-refractivity contribution in [1.29, 1.82) is 0 Å². The number of aliphatic hydroxyl groups is 1. The Hall–Kier alpha value is -7.67. The second-order valence-corrected chi connectivity index (χ2v) is 22.2. The van der Waals surface area contributed by atoms with Gasteiger partial charge in [0, 0.05) is 75.8 Å². The summed E-state index contributed by atoms with van der Waals surface area (Å²) in [6, 6.07) is 21.2. The summed E-state index contributed by atoms with van der Waals surface area (Å²) in [6.07, 6.45) is 5.72. The maximum Gasteiger partial charge on any atom is 0.247 e. The molecule has 0 bridgehead atoms. The summed E-state index contributed by atoms with van der Waals surface area (Å²) in [5.74, 6) is 1.55. The van der Waals surface area contributed by atoms with Gasteiger partial charge in [0.05, 0.1) is 18.1 Å². The van der Waals surface area contributed by atoms with Crippen molar-refractivity contribution in [2.45, 2.75) is 164 Å². The van der Waals surface area contributed by atoms with Crippen LogP contribution in [0.3, 0.4) is 0 Å². The first-order valence-electron chi connectivity index (χ1n) is 29.9. The molecule has 4 fully saturated rings. The Morgan fingerprint density at radius 1 is 0.536 bits per heavy atom. The number of likely N-dealkylation sites (N-methyl/N-ethyl adjacent to an activating group) is 2. The topological polar surface area (TPSA) is 289 Å². The van der Waals surface area contributed by atoms with Crippen LogP contribution in [0.1, 0.15) is 133 Å². The lowest BCUT2D eigenvalue weighted by Gasteiger charge is -2.33. The van der Waals surface area contributed by atoms with Crippen LogP contribution in [0, 0.1) is 23.7 Å². The molecule has 4 aliphatic rings. The van der Waals surface area contributed by atoms with Gasteiger partial charge < -0.3 is 62.8 Å². The van der Waals surface area contributed by atoms with Crippen molar-refractivity contribution in [2.75, 3.05) is 40.3 Å². The standard InChI is InChI=1S/C63H85N11O10/c1-5-47(64-3)57(78)71-55-43(28-30-45-32-34-49(73(45)62(55)83)59(80)69-53(40-20-12-9-13-21-40)41-22-14-10-15-23-41)38-68-52(77)27-19-8-7-18-26-51(76)66-36-37-67-61(82)54(42-24-16-11-17-25-42)70-60(81)50-35-33-46-31-29-44(39-75)56(63(84)74(46)50)72-58(79)48(6-2)65-4/h9-17,20-25,43-50,53-56,64-65,75H,5-6,18-19,26-39H2,1-4H3,(H,66,76)(H,67,82)(H,68,77)(H,69,80)(H,70,81)(H,71,78)(H,72,79)/t43-,44-,45+,46+,47+,48+,49+,50+,54+,55+,56+/m1/s1. The van der Waals surface area contributed by atoms with Gasteiger partial charge in [0.2, 0.25) is 53.2 Å². The van der Waals surface area contributed by atoms with Crippen LogP contribution in [0.15, 0.2) is 91.0 Å². The van der Waals surface area contributed by atoms with Gasteiger partial charge in [0.25, 0.3) is 0 Å². The van der Waals surface area contributed by atoms with Crippen molar-refractivity contribution >= 4 is 53.2 Å². The van der Waals surface area contributed by atoms with E-state index in [9.17, 15) is 48.3 Å². The van der Waals surface area contributed by atoms with Crippen LogP contribution in [-0.4, -0.2) is 157 Å². The van der Waals surface area contributed by atoms with E-state index < -0.39 is 77.9 Å². The van der Waals surface area contributed by atoms with Crippen LogP contribution in [0.5, 0.6) is 0 Å². The highest BCUT2D eigenvalue weighted by molar-refractivity contribution is 5.97. The number of amides is 9. The molecule has 21 nitrogen and oxygen atoms in total. The molecule has 3 aromatic rings. The zero-order valence-corrected chi connectivity index (χ0v) is 48.8. The van der Waals surface area contributed by atoms with E-state index in [1.807, 2.05) is 74.5 Å². The average Bonchev–Trinajstić information content (AvgIpc) is 4.32. The molecular weight excluding hydrogens is 1070 g/mol. The van der Waals surface area contributed by atoms with Gasteiger partial charge >= 0.3 is 0 Å². The van der Waals surface area contributed by atoms with E-state index in [1.54, 1.807) is 49.3 Å². The molecule has 9 amide bonds. The first-order chi connectivity index (χ1) is 40.7. The summed E-state index contributed by atoms with van der Waals surface area (Å²) in [5, 5.41) is 36.7. The zero-order chi connectivity index (χ0) is 60.1. The first kappa shape index (κ1) is 63.9. The molecule has 7 rings (SSSR count). The Balaban J connectivity index is 0.862. The third-order valence-electron chi connectivity index (χ3n) is 16.9. The van der Waals surface area contributed by atoms with Crippen molar-refractivity contribution in [3.05, 3.63) is 108 Å². The quantitative estimate of drug-likeness (QED) is 0.0409. The molecule has 84 heavy (non-hydrogen) atoms. The molecule has 3 aromatic carbocycles. The highest BCUT2D eigenvalue weighted by Crippen LogP contribution is 2.36. The monoisotopic (exact) mass is 1160 g/mol. The van der Waals surface area contributed by atoms with E-state index in [-0.39, 0.29) is 99.5 Å². The second kappa shape index (κ2) is 31.8. The number of hydrogen-bond acceptors (Lipinski definition) is 12. The number of aliphatic hydroxyl groups excluding tert-OH is 1. The van der Waals surface area contributed by atoms with Crippen molar-refractivity contribution in [3.63, 3.8) is 0 Å². The lowest BCUT2D eigenvalue weighted by Crippen LogP contribution is -2.59. The van der Waals surface area contributed by atoms with Gasteiger partial charge in [-0.25, -0.2) is 0 Å². The molecule has 4 heterocycles. The minimum Gasteiger partial charge on any atom is -0.396 e. The lowest BCUT2D eigenvalue weighted by molar-refractivity contribution is -0.144. The number of nitrogens with one attached hydrogen (secondary N) is 9. The van der Waals surface area contributed by atoms with E-state index in [0.717, 1.165) is 11.1 Å². The highest BCUT2D eigenvalue weighted by atomic mass is 16.3. The molecule has 4 aliphatic heterocycles. The van der Waals surface area contributed by atoms with Crippen LogP contribution in [-0.2, 0) is 43.2 Å². The van der Waals surface area contributed by atoms with Crippen LogP contribution >= 0.6 is 0 Å². The highest BCUT2D eigenvalue weighted by Gasteiger charge is 2.50. The minimum absolute atomic E-state index is 0.0502. The number of carbonyl (C=O) groups excluding carboxylic acids is 9. The maximum atomic E-state index is 14.7. The van der Waals surface area contributed by atoms with Gasteiger partial charge in [0.15, 0.2) is 0 Å². The van der Waals surface area contributed by atoms with Crippen molar-refractivity contribution in [1.82, 2.24) is 57.7 Å². The first-order valence-corrected chi connectivity index (χ1v) is 29.9. The molecular formula is C63H85N11O10. The largest absolute Gasteiger partial charge is 0.396 e. The summed E-state index contributed by atoms with van der Waals surface area (Å²) >= 11 is 0. The summed E-state index contributed by atoms with van der Waals surface area (Å²) in [6.45, 7) is 3.67. The average molecular weight is 1160 g/mol. The van der Waals surface area contributed by atoms with Gasteiger partial charge in [-0.1, -0.05) is 105 Å². The van der Waals surface area contributed by atoms with Gasteiger partial charge in [-0.2, -0.15) is 0 Å². The third-order valence-corrected chi connectivity index (χ3v) is 16.9. The molecule has 0 saturated carbocycles. The Kier molecular flexibility index (Phi) is 24.2. The van der Waals surface area contributed by atoms with Crippen LogP contribution in [0.4, 0.5) is 0 Å². The van der Waals surface area contributed by atoms with Crippen molar-refractivity contribution < 1.29 is 48.3 Å². The molecule has 4 saturated heterocycles. The fraction of sp³-hybridized carbons (Fsp3) is 0.540. The molecule has 11 atom stereocenters. The van der Waals surface area contributed by atoms with Crippen LogP contribution in [0.25, 0.3) is 0 Å². The van der Waals surface area contributed by atoms with E-state index in [0.29, 0.717) is 69.8 Å². The Morgan fingerprint density at radius 2 is 0.964 bits per heavy atom. The summed E-state index contributed by atoms with van der Waals surface area (Å²) in [5.41, 5.74) is 2.32. The predicted molar refractivity (Wildman–Crippen MR) is 315 cm³/mol. The second-order valence-electron chi connectivity index (χ2n) is 22.2. The molecule has 0 aliphatic carbocycles. The lowest BCUT2D eigenvalue weighted by atomic mass is 9.92. The number of benzene rings is 3. The Bertz CT molecular complexity index is 2750. The molecule has 0 unspecified atom stereocenters. The number of carbonyl (C=O) groups is 9. The van der Waals surface area contributed by atoms with E-state index in [1.165, 1.54) is 4.90 Å². The van der Waals surface area contributed by atoms with Gasteiger partial charge in [0.1, 0.15) is 30.2 Å². The number of fused-ring (bicyclic) bond motifs is 2. The van der Waals surface area contributed by atoms with Crippen LogP contribution in [0.2, 0.25) is 0 Å². The number of rotatable bonds is 26. The number of nitrogens with zero attached hydrogens (tertiary/aromatic N) is 2.